The molecule has 3 nitrogen and oxygen atoms in total. The molecular formula is C18H27NO2. The van der Waals surface area contributed by atoms with Gasteiger partial charge in [0.25, 0.3) is 0 Å². The predicted molar refractivity (Wildman–Crippen MR) is 85.5 cm³/mol. The van der Waals surface area contributed by atoms with Crippen molar-refractivity contribution in [2.75, 3.05) is 13.7 Å². The molecule has 0 bridgehead atoms. The number of unbranched alkanes of at least 4 members (excludes halogenated alkanes) is 1. The molecule has 1 aromatic rings. The molecule has 1 N–H and O–H groups in total. The zero-order chi connectivity index (χ0) is 14.9. The molecule has 0 aliphatic heterocycles. The Morgan fingerprint density at radius 3 is 2.52 bits per heavy atom. The van der Waals surface area contributed by atoms with Gasteiger partial charge in [-0.1, -0.05) is 31.4 Å². The van der Waals surface area contributed by atoms with Crippen LogP contribution in [0.1, 0.15) is 50.5 Å². The van der Waals surface area contributed by atoms with Gasteiger partial charge in [-0.3, -0.25) is 4.79 Å². The van der Waals surface area contributed by atoms with E-state index in [4.69, 9.17) is 4.74 Å². The van der Waals surface area contributed by atoms with Crippen LogP contribution in [0.25, 0.3) is 0 Å². The summed E-state index contributed by atoms with van der Waals surface area (Å²) in [5.74, 6) is 1.46. The Bertz CT molecular complexity index is 421. The highest BCUT2D eigenvalue weighted by Gasteiger charge is 2.20. The van der Waals surface area contributed by atoms with Crippen LogP contribution in [0.5, 0.6) is 5.75 Å². The second-order valence-corrected chi connectivity index (χ2v) is 5.93. The molecular weight excluding hydrogens is 262 g/mol. The minimum Gasteiger partial charge on any atom is -0.497 e. The van der Waals surface area contributed by atoms with Gasteiger partial charge in [0.15, 0.2) is 0 Å². The number of carbonyl (C=O) groups is 1. The summed E-state index contributed by atoms with van der Waals surface area (Å²) in [6.07, 6.45) is 9.11. The van der Waals surface area contributed by atoms with E-state index in [0.717, 1.165) is 44.4 Å². The summed E-state index contributed by atoms with van der Waals surface area (Å²) in [5, 5.41) is 3.10. The molecule has 1 fully saturated rings. The van der Waals surface area contributed by atoms with Crippen molar-refractivity contribution in [1.29, 1.82) is 0 Å². The molecule has 21 heavy (non-hydrogen) atoms. The van der Waals surface area contributed by atoms with Gasteiger partial charge in [-0.15, -0.1) is 0 Å². The first-order chi connectivity index (χ1) is 10.3. The number of ether oxygens (including phenoxy) is 1. The van der Waals surface area contributed by atoms with Crippen LogP contribution in [0.15, 0.2) is 24.3 Å². The molecule has 2 rings (SSSR count). The third-order valence-corrected chi connectivity index (χ3v) is 4.33. The Morgan fingerprint density at radius 2 is 1.86 bits per heavy atom. The van der Waals surface area contributed by atoms with Crippen molar-refractivity contribution in [2.24, 2.45) is 5.92 Å². The summed E-state index contributed by atoms with van der Waals surface area (Å²) < 4.78 is 5.15. The molecule has 0 atom stereocenters. The second-order valence-electron chi connectivity index (χ2n) is 5.93. The average Bonchev–Trinajstić information content (AvgIpc) is 2.55. The normalized spacial score (nSPS) is 15.7. The van der Waals surface area contributed by atoms with E-state index < -0.39 is 0 Å². The number of amides is 1. The van der Waals surface area contributed by atoms with Crippen molar-refractivity contribution in [3.05, 3.63) is 29.8 Å². The van der Waals surface area contributed by atoms with E-state index in [1.165, 1.54) is 24.8 Å². The summed E-state index contributed by atoms with van der Waals surface area (Å²) in [4.78, 5) is 12.0. The third-order valence-electron chi connectivity index (χ3n) is 4.33. The van der Waals surface area contributed by atoms with Crippen LogP contribution in [0, 0.1) is 5.92 Å². The summed E-state index contributed by atoms with van der Waals surface area (Å²) >= 11 is 0. The maximum absolute atomic E-state index is 12.0. The van der Waals surface area contributed by atoms with Crippen LogP contribution in [-0.4, -0.2) is 19.6 Å². The minimum absolute atomic E-state index is 0.277. The molecule has 0 radical (unpaired) electrons. The summed E-state index contributed by atoms with van der Waals surface area (Å²) in [5.41, 5.74) is 1.33. The molecule has 116 valence electrons. The lowest BCUT2D eigenvalue weighted by Gasteiger charge is -2.20. The predicted octanol–water partition coefficient (Wildman–Crippen LogP) is 3.71. The number of methoxy groups -OCH3 is 1. The number of hydrogen-bond donors (Lipinski definition) is 1. The second kappa shape index (κ2) is 8.71. The van der Waals surface area contributed by atoms with E-state index in [2.05, 4.69) is 17.4 Å². The molecule has 0 unspecified atom stereocenters. The molecule has 3 heteroatoms. The van der Waals surface area contributed by atoms with Crippen LogP contribution >= 0.6 is 0 Å². The van der Waals surface area contributed by atoms with Crippen LogP contribution in [0.3, 0.4) is 0 Å². The molecule has 1 saturated carbocycles. The molecule has 0 spiro atoms. The zero-order valence-corrected chi connectivity index (χ0v) is 13.1. The monoisotopic (exact) mass is 289 g/mol. The molecule has 1 aliphatic carbocycles. The van der Waals surface area contributed by atoms with Crippen molar-refractivity contribution in [2.45, 2.75) is 51.4 Å². The van der Waals surface area contributed by atoms with Crippen LogP contribution in [-0.2, 0) is 11.2 Å². The van der Waals surface area contributed by atoms with E-state index in [0.29, 0.717) is 0 Å². The van der Waals surface area contributed by atoms with E-state index in [1.807, 2.05) is 12.1 Å². The number of hydrogen-bond acceptors (Lipinski definition) is 2. The number of benzene rings is 1. The highest BCUT2D eigenvalue weighted by atomic mass is 16.5. The number of aryl methyl sites for hydroxylation is 1. The maximum Gasteiger partial charge on any atom is 0.223 e. The van der Waals surface area contributed by atoms with Crippen LogP contribution in [0.2, 0.25) is 0 Å². The van der Waals surface area contributed by atoms with Crippen molar-refractivity contribution in [1.82, 2.24) is 5.32 Å². The summed E-state index contributed by atoms with van der Waals surface area (Å²) in [7, 11) is 1.68. The largest absolute Gasteiger partial charge is 0.497 e. The molecule has 0 aromatic heterocycles. The first kappa shape index (κ1) is 15.9. The van der Waals surface area contributed by atoms with Gasteiger partial charge in [0.05, 0.1) is 7.11 Å². The van der Waals surface area contributed by atoms with Gasteiger partial charge in [0, 0.05) is 12.5 Å². The van der Waals surface area contributed by atoms with Gasteiger partial charge in [0.2, 0.25) is 5.91 Å². The molecule has 1 aliphatic rings. The third kappa shape index (κ3) is 5.41. The fourth-order valence-electron chi connectivity index (χ4n) is 2.97. The van der Waals surface area contributed by atoms with Gasteiger partial charge in [-0.05, 0) is 49.8 Å². The van der Waals surface area contributed by atoms with Crippen molar-refractivity contribution >= 4 is 5.91 Å². The lowest BCUT2D eigenvalue weighted by atomic mass is 9.88. The smallest absolute Gasteiger partial charge is 0.223 e. The molecule has 1 aromatic carbocycles. The Labute approximate surface area is 128 Å². The van der Waals surface area contributed by atoms with Crippen molar-refractivity contribution < 1.29 is 9.53 Å². The van der Waals surface area contributed by atoms with Gasteiger partial charge in [0.1, 0.15) is 5.75 Å². The Balaban J connectivity index is 1.57. The SMILES string of the molecule is COc1ccc(CCCCNC(=O)C2CCCCC2)cc1. The summed E-state index contributed by atoms with van der Waals surface area (Å²) in [6, 6.07) is 8.22. The van der Waals surface area contributed by atoms with Crippen LogP contribution < -0.4 is 10.1 Å². The highest BCUT2D eigenvalue weighted by molar-refractivity contribution is 5.78. The topological polar surface area (TPSA) is 38.3 Å². The molecule has 0 heterocycles. The fraction of sp³-hybridized carbons (Fsp3) is 0.611. The standard InChI is InChI=1S/C18H27NO2/c1-21-17-12-10-15(11-13-17)7-5-6-14-19-18(20)16-8-3-2-4-9-16/h10-13,16H,2-9,14H2,1H3,(H,19,20). The quantitative estimate of drug-likeness (QED) is 0.777. The fourth-order valence-corrected chi connectivity index (χ4v) is 2.97. The average molecular weight is 289 g/mol. The van der Waals surface area contributed by atoms with E-state index >= 15 is 0 Å². The number of nitrogens with one attached hydrogen (secondary N) is 1. The number of rotatable bonds is 7. The van der Waals surface area contributed by atoms with Crippen molar-refractivity contribution in [3.63, 3.8) is 0 Å². The van der Waals surface area contributed by atoms with Gasteiger partial charge in [-0.2, -0.15) is 0 Å². The number of carbonyl (C=O) groups excluding carboxylic acids is 1. The Kier molecular flexibility index (Phi) is 6.58. The van der Waals surface area contributed by atoms with E-state index in [-0.39, 0.29) is 11.8 Å². The molecule has 1 amide bonds. The highest BCUT2D eigenvalue weighted by Crippen LogP contribution is 2.23. The summed E-state index contributed by atoms with van der Waals surface area (Å²) in [6.45, 7) is 0.811. The van der Waals surface area contributed by atoms with E-state index in [1.54, 1.807) is 7.11 Å². The Morgan fingerprint density at radius 1 is 1.14 bits per heavy atom. The molecule has 0 saturated heterocycles. The lowest BCUT2D eigenvalue weighted by Crippen LogP contribution is -2.32. The minimum atomic E-state index is 0.277. The maximum atomic E-state index is 12.0. The van der Waals surface area contributed by atoms with E-state index in [9.17, 15) is 4.79 Å². The first-order valence-corrected chi connectivity index (χ1v) is 8.20. The van der Waals surface area contributed by atoms with Gasteiger partial charge in [-0.25, -0.2) is 0 Å². The zero-order valence-electron chi connectivity index (χ0n) is 13.1. The first-order valence-electron chi connectivity index (χ1n) is 8.20. The van der Waals surface area contributed by atoms with Crippen molar-refractivity contribution in [3.8, 4) is 5.75 Å². The lowest BCUT2D eigenvalue weighted by molar-refractivity contribution is -0.125. The van der Waals surface area contributed by atoms with Gasteiger partial charge < -0.3 is 10.1 Å². The van der Waals surface area contributed by atoms with Crippen LogP contribution in [0.4, 0.5) is 0 Å². The van der Waals surface area contributed by atoms with Gasteiger partial charge >= 0.3 is 0 Å². The Hall–Kier alpha value is -1.51.